The molecule has 2 aromatic rings. The molecule has 2 saturated carbocycles. The molecule has 1 aromatic carbocycles. The number of ether oxygens (including phenoxy) is 2. The Hall–Kier alpha value is -4.27. The van der Waals surface area contributed by atoms with Crippen molar-refractivity contribution in [2.24, 2.45) is 5.92 Å². The first kappa shape index (κ1) is 32.7. The van der Waals surface area contributed by atoms with Crippen molar-refractivity contribution in [3.63, 3.8) is 0 Å². The number of pyridine rings is 1. The number of hydrogen-bond donors (Lipinski definition) is 3. The van der Waals surface area contributed by atoms with Gasteiger partial charge in [0.15, 0.2) is 0 Å². The van der Waals surface area contributed by atoms with E-state index >= 15 is 0 Å². The van der Waals surface area contributed by atoms with E-state index in [2.05, 4.69) is 26.9 Å². The Kier molecular flexibility index (Phi) is 9.09. The largest absolute Gasteiger partial charge is 0.472 e. The zero-order valence-electron chi connectivity index (χ0n) is 25.8. The van der Waals surface area contributed by atoms with Gasteiger partial charge in [0.05, 0.1) is 18.4 Å². The number of cyclic esters (lactones) is 1. The first-order valence-corrected chi connectivity index (χ1v) is 17.4. The van der Waals surface area contributed by atoms with Gasteiger partial charge in [-0.1, -0.05) is 18.2 Å². The highest BCUT2D eigenvalue weighted by Gasteiger charge is 2.62. The molecular formula is C32H38FN5O8S. The summed E-state index contributed by atoms with van der Waals surface area (Å²) in [5.41, 5.74) is -0.523. The second-order valence-electron chi connectivity index (χ2n) is 12.6. The van der Waals surface area contributed by atoms with Crippen LogP contribution in [0.25, 0.3) is 10.8 Å². The predicted octanol–water partition coefficient (Wildman–Crippen LogP) is 2.04. The smallest absolute Gasteiger partial charge is 0.407 e. The number of rotatable bonds is 7. The molecule has 1 saturated heterocycles. The molecule has 3 fully saturated rings. The minimum absolute atomic E-state index is 0.0460. The van der Waals surface area contributed by atoms with Crippen LogP contribution in [0, 0.1) is 5.92 Å². The summed E-state index contributed by atoms with van der Waals surface area (Å²) >= 11 is 0. The van der Waals surface area contributed by atoms with Crippen molar-refractivity contribution < 1.29 is 41.5 Å². The lowest BCUT2D eigenvalue weighted by atomic mass is 10.0. The maximum atomic E-state index is 14.2. The third-order valence-corrected chi connectivity index (χ3v) is 11.1. The standard InChI is InChI=1S/C32H38FN5O8S/c1-2-21-16-32(21,30(41)37-47(43,44)23-9-10-23)36-27(39)26-15-22-18-38(26)29(40)25(17-33)35-31(42)45-13-5-3-4-6-19-7-8-20-11-12-34-28(46-22)24(20)14-19/h2,7-8,11-12,14,21-23,25-26H,1,3-6,9-10,13,15-18H2,(H,35,42)(H,36,39)(H,37,41)/t21?,22-,25?,26+,32+/m1/s1. The highest BCUT2D eigenvalue weighted by Crippen LogP contribution is 2.45. The first-order valence-electron chi connectivity index (χ1n) is 15.9. The molecule has 0 spiro atoms. The third-order valence-electron chi connectivity index (χ3n) is 9.26. The Labute approximate surface area is 271 Å². The lowest BCUT2D eigenvalue weighted by Gasteiger charge is -2.28. The normalized spacial score (nSPS) is 28.3. The Morgan fingerprint density at radius 2 is 2.00 bits per heavy atom. The van der Waals surface area contributed by atoms with E-state index in [9.17, 15) is 32.0 Å². The zero-order valence-corrected chi connectivity index (χ0v) is 26.6. The van der Waals surface area contributed by atoms with Crippen molar-refractivity contribution in [3.8, 4) is 5.88 Å². The SMILES string of the molecule is C=CC1C[C@@]1(NC(=O)[C@@H]1C[C@@H]2CN1C(=O)C(CF)NC(=O)OCCCCCc1ccc3ccnc(c3c1)O2)C(=O)NS(=O)(=O)C1CC1. The number of carbonyl (C=O) groups excluding carboxylic acids is 4. The fourth-order valence-corrected chi connectivity index (χ4v) is 7.68. The molecule has 1 aromatic heterocycles. The van der Waals surface area contributed by atoms with Crippen LogP contribution in [0.15, 0.2) is 43.1 Å². The number of fused-ring (bicyclic) bond motifs is 3. The molecule has 252 valence electrons. The Morgan fingerprint density at radius 1 is 1.19 bits per heavy atom. The highest BCUT2D eigenvalue weighted by molar-refractivity contribution is 7.91. The summed E-state index contributed by atoms with van der Waals surface area (Å²) in [7, 11) is -3.91. The fourth-order valence-electron chi connectivity index (χ4n) is 6.31. The van der Waals surface area contributed by atoms with Crippen LogP contribution in [-0.4, -0.2) is 90.9 Å². The predicted molar refractivity (Wildman–Crippen MR) is 167 cm³/mol. The van der Waals surface area contributed by atoms with Gasteiger partial charge in [0.1, 0.15) is 30.4 Å². The van der Waals surface area contributed by atoms with Gasteiger partial charge in [-0.05, 0) is 68.0 Å². The molecule has 0 radical (unpaired) electrons. The average Bonchev–Trinajstić information content (AvgIpc) is 3.98. The van der Waals surface area contributed by atoms with Crippen LogP contribution in [0.2, 0.25) is 0 Å². The molecule has 4 aliphatic rings. The Morgan fingerprint density at radius 3 is 2.72 bits per heavy atom. The van der Waals surface area contributed by atoms with Gasteiger partial charge in [0.2, 0.25) is 27.7 Å². The number of benzene rings is 1. The maximum Gasteiger partial charge on any atom is 0.407 e. The topological polar surface area (TPSA) is 173 Å². The maximum absolute atomic E-state index is 14.2. The monoisotopic (exact) mass is 671 g/mol. The van der Waals surface area contributed by atoms with Gasteiger partial charge in [-0.15, -0.1) is 6.58 Å². The summed E-state index contributed by atoms with van der Waals surface area (Å²) in [6.45, 7) is 2.38. The summed E-state index contributed by atoms with van der Waals surface area (Å²) in [6, 6.07) is 4.95. The van der Waals surface area contributed by atoms with Gasteiger partial charge in [-0.25, -0.2) is 22.6 Å². The van der Waals surface area contributed by atoms with Crippen LogP contribution in [0.3, 0.4) is 0 Å². The van der Waals surface area contributed by atoms with Gasteiger partial charge < -0.3 is 25.0 Å². The second-order valence-corrected chi connectivity index (χ2v) is 14.6. The van der Waals surface area contributed by atoms with Crippen LogP contribution in [-0.2, 0) is 35.6 Å². The van der Waals surface area contributed by atoms with Gasteiger partial charge in [0, 0.05) is 23.9 Å². The van der Waals surface area contributed by atoms with Crippen molar-refractivity contribution in [2.45, 2.75) is 80.3 Å². The summed E-state index contributed by atoms with van der Waals surface area (Å²) < 4.78 is 52.9. The molecule has 3 N–H and O–H groups in total. The lowest BCUT2D eigenvalue weighted by Crippen LogP contribution is -2.58. The lowest BCUT2D eigenvalue weighted by molar-refractivity contribution is -0.141. The van der Waals surface area contributed by atoms with E-state index in [1.165, 1.54) is 6.08 Å². The fraction of sp³-hybridized carbons (Fsp3) is 0.531. The summed E-state index contributed by atoms with van der Waals surface area (Å²) in [5.74, 6) is -2.76. The highest BCUT2D eigenvalue weighted by atomic mass is 32.2. The minimum atomic E-state index is -3.91. The van der Waals surface area contributed by atoms with E-state index in [1.807, 2.05) is 24.3 Å². The van der Waals surface area contributed by atoms with Crippen LogP contribution >= 0.6 is 0 Å². The van der Waals surface area contributed by atoms with Crippen molar-refractivity contribution in [3.05, 3.63) is 48.7 Å². The van der Waals surface area contributed by atoms with E-state index in [4.69, 9.17) is 9.47 Å². The molecule has 6 rings (SSSR count). The first-order chi connectivity index (χ1) is 22.5. The van der Waals surface area contributed by atoms with Crippen LogP contribution in [0.5, 0.6) is 5.88 Å². The molecule has 5 atom stereocenters. The van der Waals surface area contributed by atoms with Crippen LogP contribution in [0.4, 0.5) is 9.18 Å². The van der Waals surface area contributed by atoms with Crippen molar-refractivity contribution in [1.29, 1.82) is 0 Å². The average molecular weight is 672 g/mol. The molecule has 2 unspecified atom stereocenters. The summed E-state index contributed by atoms with van der Waals surface area (Å²) in [5, 5.41) is 5.94. The molecule has 47 heavy (non-hydrogen) atoms. The second kappa shape index (κ2) is 13.1. The van der Waals surface area contributed by atoms with Crippen molar-refractivity contribution in [1.82, 2.24) is 25.2 Å². The van der Waals surface area contributed by atoms with E-state index < -0.39 is 75.4 Å². The van der Waals surface area contributed by atoms with Gasteiger partial charge in [0.25, 0.3) is 5.91 Å². The molecule has 4 bridgehead atoms. The summed E-state index contributed by atoms with van der Waals surface area (Å²) in [6.07, 6.45) is 5.24. The number of alkyl carbamates (subject to hydrolysis) is 1. The number of halogens is 1. The van der Waals surface area contributed by atoms with Crippen LogP contribution < -0.4 is 20.1 Å². The Balaban J connectivity index is 1.29. The number of nitrogens with zero attached hydrogens (tertiary/aromatic N) is 2. The number of nitrogens with one attached hydrogen (secondary N) is 3. The molecule has 2 aliphatic heterocycles. The molecule has 2 aliphatic carbocycles. The number of carbonyl (C=O) groups is 4. The Bertz CT molecular complexity index is 1700. The molecule has 15 heteroatoms. The van der Waals surface area contributed by atoms with Crippen molar-refractivity contribution >= 4 is 44.6 Å². The van der Waals surface area contributed by atoms with E-state index in [0.29, 0.717) is 25.1 Å². The number of aromatic nitrogens is 1. The summed E-state index contributed by atoms with van der Waals surface area (Å²) in [4.78, 5) is 58.9. The number of alkyl halides is 1. The van der Waals surface area contributed by atoms with Crippen molar-refractivity contribution in [2.75, 3.05) is 19.8 Å². The molecule has 4 amide bonds. The molecule has 13 nitrogen and oxygen atoms in total. The molecular weight excluding hydrogens is 633 g/mol. The number of hydrogen-bond acceptors (Lipinski definition) is 9. The van der Waals surface area contributed by atoms with Gasteiger partial charge in [-0.2, -0.15) is 0 Å². The number of aryl methyl sites for hydroxylation is 1. The quantitative estimate of drug-likeness (QED) is 0.373. The van der Waals surface area contributed by atoms with E-state index in [1.54, 1.807) is 6.20 Å². The zero-order chi connectivity index (χ0) is 33.3. The van der Waals surface area contributed by atoms with Crippen LogP contribution in [0.1, 0.15) is 50.5 Å². The molecule has 3 heterocycles. The number of amides is 4. The minimum Gasteiger partial charge on any atom is -0.472 e. The third kappa shape index (κ3) is 6.90. The van der Waals surface area contributed by atoms with E-state index in [0.717, 1.165) is 40.5 Å². The number of sulfonamides is 1. The van der Waals surface area contributed by atoms with Gasteiger partial charge in [-0.3, -0.25) is 19.1 Å². The van der Waals surface area contributed by atoms with Gasteiger partial charge >= 0.3 is 6.09 Å². The van der Waals surface area contributed by atoms with E-state index in [-0.39, 0.29) is 26.0 Å².